The van der Waals surface area contributed by atoms with Crippen molar-refractivity contribution in [1.29, 1.82) is 0 Å². The molecule has 6 heteroatoms. The summed E-state index contributed by atoms with van der Waals surface area (Å²) < 4.78 is 38.4. The topological polar surface area (TPSA) is 55.1 Å². The van der Waals surface area contributed by atoms with Gasteiger partial charge in [0.1, 0.15) is 0 Å². The van der Waals surface area contributed by atoms with Crippen LogP contribution in [0.25, 0.3) is 0 Å². The second kappa shape index (κ2) is 6.05. The average Bonchev–Trinajstić information content (AvgIpc) is 2.76. The maximum absolute atomic E-state index is 12.8. The van der Waals surface area contributed by atoms with E-state index in [2.05, 4.69) is 5.32 Å². The first-order valence-corrected chi connectivity index (χ1v) is 7.01. The normalized spacial score (nSPS) is 22.3. The summed E-state index contributed by atoms with van der Waals surface area (Å²) >= 11 is 0. The molecule has 0 spiro atoms. The van der Waals surface area contributed by atoms with E-state index in [1.165, 1.54) is 19.1 Å². The summed E-state index contributed by atoms with van der Waals surface area (Å²) in [6.07, 6.45) is -1.35. The van der Waals surface area contributed by atoms with Crippen LogP contribution in [-0.4, -0.2) is 11.9 Å². The number of halogens is 3. The Hall–Kier alpha value is -1.56. The van der Waals surface area contributed by atoms with Gasteiger partial charge in [0, 0.05) is 18.2 Å². The molecule has 116 valence electrons. The molecule has 3 N–H and O–H groups in total. The average molecular weight is 300 g/mol. The van der Waals surface area contributed by atoms with Gasteiger partial charge in [-0.25, -0.2) is 0 Å². The van der Waals surface area contributed by atoms with Crippen LogP contribution >= 0.6 is 0 Å². The second-order valence-electron chi connectivity index (χ2n) is 5.58. The predicted octanol–water partition coefficient (Wildman–Crippen LogP) is 3.47. The predicted molar refractivity (Wildman–Crippen MR) is 74.7 cm³/mol. The molecule has 0 bridgehead atoms. The number of nitrogens with one attached hydrogen (secondary N) is 1. The molecule has 1 amide bonds. The number of amides is 1. The molecular formula is C15H19F3N2O. The minimum Gasteiger partial charge on any atom is -0.327 e. The van der Waals surface area contributed by atoms with E-state index >= 15 is 0 Å². The molecule has 2 rings (SSSR count). The standard InChI is InChI=1S/C15H19F3N2O/c1-9-11(15(16,17)18)5-3-7-13(9)20-14(21)8-10-4-2-6-12(10)19/h3,5,7,10,12H,2,4,6,8,19H2,1H3,(H,20,21)/t10-,12+/m0/s1. The molecule has 0 radical (unpaired) electrons. The summed E-state index contributed by atoms with van der Waals surface area (Å²) in [5.41, 5.74) is 5.42. The second-order valence-corrected chi connectivity index (χ2v) is 5.58. The van der Waals surface area contributed by atoms with Crippen molar-refractivity contribution in [3.8, 4) is 0 Å². The lowest BCUT2D eigenvalue weighted by molar-refractivity contribution is -0.138. The van der Waals surface area contributed by atoms with E-state index in [4.69, 9.17) is 5.73 Å². The highest BCUT2D eigenvalue weighted by Crippen LogP contribution is 2.34. The molecule has 1 aromatic carbocycles. The number of benzene rings is 1. The quantitative estimate of drug-likeness (QED) is 0.898. The molecular weight excluding hydrogens is 281 g/mol. The summed E-state index contributed by atoms with van der Waals surface area (Å²) in [6, 6.07) is 3.81. The molecule has 3 nitrogen and oxygen atoms in total. The SMILES string of the molecule is Cc1c(NC(=O)C[C@@H]2CCC[C@H]2N)cccc1C(F)(F)F. The van der Waals surface area contributed by atoms with Gasteiger partial charge in [-0.15, -0.1) is 0 Å². The van der Waals surface area contributed by atoms with E-state index in [9.17, 15) is 18.0 Å². The molecule has 1 fully saturated rings. The highest BCUT2D eigenvalue weighted by molar-refractivity contribution is 5.91. The van der Waals surface area contributed by atoms with Crippen LogP contribution in [0.15, 0.2) is 18.2 Å². The fourth-order valence-electron chi connectivity index (χ4n) is 2.84. The Morgan fingerprint density at radius 3 is 2.67 bits per heavy atom. The highest BCUT2D eigenvalue weighted by atomic mass is 19.4. The molecule has 1 aliphatic rings. The first-order chi connectivity index (χ1) is 9.79. The monoisotopic (exact) mass is 300 g/mol. The molecule has 1 aromatic rings. The molecule has 1 saturated carbocycles. The zero-order chi connectivity index (χ0) is 15.6. The van der Waals surface area contributed by atoms with Crippen LogP contribution in [0.4, 0.5) is 18.9 Å². The van der Waals surface area contributed by atoms with Crippen molar-refractivity contribution in [1.82, 2.24) is 0 Å². The van der Waals surface area contributed by atoms with Crippen LogP contribution in [0.2, 0.25) is 0 Å². The Bertz CT molecular complexity index is 528. The van der Waals surface area contributed by atoms with Crippen LogP contribution in [0, 0.1) is 12.8 Å². The lowest BCUT2D eigenvalue weighted by Gasteiger charge is -2.17. The molecule has 0 aliphatic heterocycles. The number of nitrogens with two attached hydrogens (primary N) is 1. The van der Waals surface area contributed by atoms with Crippen LogP contribution in [-0.2, 0) is 11.0 Å². The van der Waals surface area contributed by atoms with Gasteiger partial charge in [0.05, 0.1) is 5.56 Å². The summed E-state index contributed by atoms with van der Waals surface area (Å²) in [5, 5.41) is 2.58. The first-order valence-electron chi connectivity index (χ1n) is 7.01. The van der Waals surface area contributed by atoms with Crippen LogP contribution < -0.4 is 11.1 Å². The van der Waals surface area contributed by atoms with Crippen LogP contribution in [0.5, 0.6) is 0 Å². The van der Waals surface area contributed by atoms with Crippen molar-refractivity contribution in [2.24, 2.45) is 11.7 Å². The van der Waals surface area contributed by atoms with Gasteiger partial charge >= 0.3 is 6.18 Å². The Kier molecular flexibility index (Phi) is 4.56. The molecule has 0 aromatic heterocycles. The molecule has 0 heterocycles. The van der Waals surface area contributed by atoms with Crippen molar-refractivity contribution in [2.45, 2.75) is 44.8 Å². The van der Waals surface area contributed by atoms with Crippen molar-refractivity contribution >= 4 is 11.6 Å². The molecule has 0 saturated heterocycles. The highest BCUT2D eigenvalue weighted by Gasteiger charge is 2.33. The number of carbonyl (C=O) groups excluding carboxylic acids is 1. The van der Waals surface area contributed by atoms with Crippen molar-refractivity contribution in [3.63, 3.8) is 0 Å². The van der Waals surface area contributed by atoms with E-state index in [1.54, 1.807) is 0 Å². The molecule has 1 aliphatic carbocycles. The summed E-state index contributed by atoms with van der Waals surface area (Å²) in [5.74, 6) is -0.157. The Morgan fingerprint density at radius 1 is 1.38 bits per heavy atom. The first kappa shape index (κ1) is 15.8. The Labute approximate surface area is 121 Å². The third-order valence-corrected chi connectivity index (χ3v) is 4.08. The number of alkyl halides is 3. The number of carbonyl (C=O) groups is 1. The third kappa shape index (κ3) is 3.75. The van der Waals surface area contributed by atoms with Gasteiger partial charge in [0.25, 0.3) is 0 Å². The number of hydrogen-bond acceptors (Lipinski definition) is 2. The van der Waals surface area contributed by atoms with Gasteiger partial charge < -0.3 is 11.1 Å². The summed E-state index contributed by atoms with van der Waals surface area (Å²) in [4.78, 5) is 12.0. The van der Waals surface area contributed by atoms with Crippen molar-refractivity contribution in [3.05, 3.63) is 29.3 Å². The van der Waals surface area contributed by atoms with E-state index in [0.717, 1.165) is 25.3 Å². The lowest BCUT2D eigenvalue weighted by atomic mass is 9.99. The smallest absolute Gasteiger partial charge is 0.327 e. The van der Waals surface area contributed by atoms with Gasteiger partial charge in [0.2, 0.25) is 5.91 Å². The van der Waals surface area contributed by atoms with Gasteiger partial charge in [-0.05, 0) is 43.4 Å². The van der Waals surface area contributed by atoms with Gasteiger partial charge in [-0.1, -0.05) is 12.5 Å². The maximum atomic E-state index is 12.8. The third-order valence-electron chi connectivity index (χ3n) is 4.08. The van der Waals surface area contributed by atoms with Gasteiger partial charge in [-0.3, -0.25) is 4.79 Å². The van der Waals surface area contributed by atoms with Gasteiger partial charge in [0.15, 0.2) is 0 Å². The van der Waals surface area contributed by atoms with Crippen molar-refractivity contribution < 1.29 is 18.0 Å². The van der Waals surface area contributed by atoms with E-state index < -0.39 is 11.7 Å². The zero-order valence-corrected chi connectivity index (χ0v) is 11.8. The summed E-state index contributed by atoms with van der Waals surface area (Å²) in [6.45, 7) is 1.36. The Morgan fingerprint density at radius 2 is 2.10 bits per heavy atom. The van der Waals surface area contributed by atoms with Gasteiger partial charge in [-0.2, -0.15) is 13.2 Å². The van der Waals surface area contributed by atoms with E-state index in [-0.39, 0.29) is 35.5 Å². The maximum Gasteiger partial charge on any atom is 0.416 e. The summed E-state index contributed by atoms with van der Waals surface area (Å²) in [7, 11) is 0. The number of rotatable bonds is 3. The molecule has 0 unspecified atom stereocenters. The molecule has 21 heavy (non-hydrogen) atoms. The number of hydrogen-bond donors (Lipinski definition) is 2. The Balaban J connectivity index is 2.07. The fraction of sp³-hybridized carbons (Fsp3) is 0.533. The van der Waals surface area contributed by atoms with Crippen LogP contribution in [0.3, 0.4) is 0 Å². The number of anilines is 1. The molecule has 2 atom stereocenters. The largest absolute Gasteiger partial charge is 0.416 e. The van der Waals surface area contributed by atoms with Crippen LogP contribution in [0.1, 0.15) is 36.8 Å². The minimum atomic E-state index is -4.42. The lowest BCUT2D eigenvalue weighted by Crippen LogP contribution is -2.28. The van der Waals surface area contributed by atoms with E-state index in [1.807, 2.05) is 0 Å². The van der Waals surface area contributed by atoms with Crippen molar-refractivity contribution in [2.75, 3.05) is 5.32 Å². The van der Waals surface area contributed by atoms with E-state index in [0.29, 0.717) is 0 Å². The fourth-order valence-corrected chi connectivity index (χ4v) is 2.84. The zero-order valence-electron chi connectivity index (χ0n) is 11.8. The minimum absolute atomic E-state index is 0.0124.